The van der Waals surface area contributed by atoms with Crippen LogP contribution in [0.5, 0.6) is 11.5 Å². The number of nitrogens with zero attached hydrogens (tertiary/aromatic N) is 2. The Morgan fingerprint density at radius 2 is 2.03 bits per heavy atom. The van der Waals surface area contributed by atoms with Crippen LogP contribution in [0.25, 0.3) is 16.5 Å². The van der Waals surface area contributed by atoms with E-state index in [2.05, 4.69) is 35.5 Å². The Kier molecular flexibility index (Phi) is 4.93. The Morgan fingerprint density at radius 1 is 1.17 bits per heavy atom. The predicted molar refractivity (Wildman–Crippen MR) is 116 cm³/mol. The van der Waals surface area contributed by atoms with Crippen molar-refractivity contribution in [1.29, 1.82) is 0 Å². The summed E-state index contributed by atoms with van der Waals surface area (Å²) in [4.78, 5) is 20.1. The summed E-state index contributed by atoms with van der Waals surface area (Å²) in [5.74, 6) is 1.72. The number of fused-ring (bicyclic) bond motifs is 2. The molecule has 0 unspecified atom stereocenters. The molecule has 0 bridgehead atoms. The minimum Gasteiger partial charge on any atom is -0.454 e. The standard InChI is InChI=1S/C24H25N3O3/c1-26(14-17-6-7-22-23(12-17)30-16-29-22)15-24(28)27-10-8-18(9-11-27)20-13-25-21-5-3-2-4-19(20)21/h2-8,12-13,25H,9-11,14-16H2,1H3. The molecule has 2 aromatic carbocycles. The molecule has 6 nitrogen and oxygen atoms in total. The number of ether oxygens (including phenoxy) is 2. The maximum Gasteiger partial charge on any atom is 0.237 e. The summed E-state index contributed by atoms with van der Waals surface area (Å²) in [6.45, 7) is 2.76. The van der Waals surface area contributed by atoms with Gasteiger partial charge in [-0.15, -0.1) is 0 Å². The molecule has 3 aromatic rings. The number of hydrogen-bond donors (Lipinski definition) is 1. The molecule has 6 heteroatoms. The fourth-order valence-corrected chi connectivity index (χ4v) is 4.22. The molecule has 154 valence electrons. The van der Waals surface area contributed by atoms with Gasteiger partial charge in [0.25, 0.3) is 0 Å². The minimum absolute atomic E-state index is 0.160. The van der Waals surface area contributed by atoms with Crippen LogP contribution in [0.2, 0.25) is 0 Å². The van der Waals surface area contributed by atoms with Crippen LogP contribution >= 0.6 is 0 Å². The third kappa shape index (κ3) is 3.66. The lowest BCUT2D eigenvalue weighted by molar-refractivity contribution is -0.131. The van der Waals surface area contributed by atoms with Crippen molar-refractivity contribution < 1.29 is 14.3 Å². The highest BCUT2D eigenvalue weighted by atomic mass is 16.7. The number of carbonyl (C=O) groups is 1. The fraction of sp³-hybridized carbons (Fsp3) is 0.292. The largest absolute Gasteiger partial charge is 0.454 e. The molecule has 1 N–H and O–H groups in total. The van der Waals surface area contributed by atoms with Crippen LogP contribution in [0.4, 0.5) is 0 Å². The zero-order valence-electron chi connectivity index (χ0n) is 17.1. The van der Waals surface area contributed by atoms with Crippen molar-refractivity contribution >= 4 is 22.4 Å². The van der Waals surface area contributed by atoms with Crippen LogP contribution in [-0.2, 0) is 11.3 Å². The SMILES string of the molecule is CN(CC(=O)N1CC=C(c2c[nH]c3ccccc23)CC1)Cc1ccc2c(c1)OCO2. The highest BCUT2D eigenvalue weighted by molar-refractivity contribution is 5.93. The molecular formula is C24H25N3O3. The highest BCUT2D eigenvalue weighted by Crippen LogP contribution is 2.33. The number of hydrogen-bond acceptors (Lipinski definition) is 4. The first kappa shape index (κ1) is 18.8. The van der Waals surface area contributed by atoms with Gasteiger partial charge in [0.2, 0.25) is 12.7 Å². The van der Waals surface area contributed by atoms with Crippen LogP contribution in [0.3, 0.4) is 0 Å². The molecule has 0 saturated heterocycles. The molecule has 0 fully saturated rings. The molecule has 0 atom stereocenters. The summed E-state index contributed by atoms with van der Waals surface area (Å²) in [5.41, 5.74) is 4.81. The second-order valence-electron chi connectivity index (χ2n) is 7.93. The van der Waals surface area contributed by atoms with E-state index in [9.17, 15) is 4.79 Å². The smallest absolute Gasteiger partial charge is 0.237 e. The van der Waals surface area contributed by atoms with Gasteiger partial charge >= 0.3 is 0 Å². The summed E-state index contributed by atoms with van der Waals surface area (Å²) < 4.78 is 10.8. The number of aromatic amines is 1. The lowest BCUT2D eigenvalue weighted by Gasteiger charge is -2.28. The Labute approximate surface area is 175 Å². The normalized spacial score (nSPS) is 15.7. The lowest BCUT2D eigenvalue weighted by atomic mass is 9.99. The van der Waals surface area contributed by atoms with Crippen LogP contribution in [0, 0.1) is 0 Å². The number of H-pyrrole nitrogens is 1. The van der Waals surface area contributed by atoms with Crippen molar-refractivity contribution in [3.8, 4) is 11.5 Å². The molecule has 3 heterocycles. The lowest BCUT2D eigenvalue weighted by Crippen LogP contribution is -2.40. The van der Waals surface area contributed by atoms with Gasteiger partial charge < -0.3 is 19.4 Å². The maximum atomic E-state index is 12.8. The monoisotopic (exact) mass is 403 g/mol. The first-order valence-electron chi connectivity index (χ1n) is 10.3. The summed E-state index contributed by atoms with van der Waals surface area (Å²) in [6.07, 6.45) is 5.14. The number of aromatic nitrogens is 1. The first-order chi connectivity index (χ1) is 14.7. The minimum atomic E-state index is 0.160. The number of nitrogens with one attached hydrogen (secondary N) is 1. The van der Waals surface area contributed by atoms with Gasteiger partial charge in [-0.2, -0.15) is 0 Å². The molecule has 2 aliphatic heterocycles. The third-order valence-corrected chi connectivity index (χ3v) is 5.79. The molecule has 0 aliphatic carbocycles. The topological polar surface area (TPSA) is 57.8 Å². The van der Waals surface area contributed by atoms with Crippen LogP contribution in [-0.4, -0.2) is 54.2 Å². The molecule has 1 aromatic heterocycles. The quantitative estimate of drug-likeness (QED) is 0.707. The molecule has 0 spiro atoms. The van der Waals surface area contributed by atoms with E-state index in [1.165, 1.54) is 16.5 Å². The molecule has 0 radical (unpaired) electrons. The van der Waals surface area contributed by atoms with E-state index in [1.54, 1.807) is 0 Å². The third-order valence-electron chi connectivity index (χ3n) is 5.79. The van der Waals surface area contributed by atoms with Gasteiger partial charge in [0.1, 0.15) is 0 Å². The number of para-hydroxylation sites is 1. The highest BCUT2D eigenvalue weighted by Gasteiger charge is 2.21. The number of benzene rings is 2. The van der Waals surface area contributed by atoms with Gasteiger partial charge in [0.05, 0.1) is 6.54 Å². The Hall–Kier alpha value is -3.25. The van der Waals surface area contributed by atoms with Crippen molar-refractivity contribution in [2.45, 2.75) is 13.0 Å². The summed E-state index contributed by atoms with van der Waals surface area (Å²) in [5, 5.41) is 1.24. The predicted octanol–water partition coefficient (Wildman–Crippen LogP) is 3.64. The Balaban J connectivity index is 1.19. The molecule has 1 amide bonds. The van der Waals surface area contributed by atoms with Crippen molar-refractivity contribution in [2.24, 2.45) is 0 Å². The Bertz CT molecular complexity index is 1120. The van der Waals surface area contributed by atoms with Gasteiger partial charge in [-0.25, -0.2) is 0 Å². The van der Waals surface area contributed by atoms with E-state index in [4.69, 9.17) is 9.47 Å². The van der Waals surface area contributed by atoms with Gasteiger partial charge in [-0.1, -0.05) is 30.3 Å². The maximum absolute atomic E-state index is 12.8. The molecule has 0 saturated carbocycles. The van der Waals surface area contributed by atoms with E-state index in [-0.39, 0.29) is 12.7 Å². The Morgan fingerprint density at radius 3 is 2.90 bits per heavy atom. The average molecular weight is 403 g/mol. The summed E-state index contributed by atoms with van der Waals surface area (Å²) >= 11 is 0. The second kappa shape index (κ2) is 7.88. The molecule has 5 rings (SSSR count). The molecule has 30 heavy (non-hydrogen) atoms. The summed E-state index contributed by atoms with van der Waals surface area (Å²) in [6, 6.07) is 14.3. The van der Waals surface area contributed by atoms with E-state index < -0.39 is 0 Å². The van der Waals surface area contributed by atoms with Crippen LogP contribution in [0.15, 0.2) is 54.7 Å². The first-order valence-corrected chi connectivity index (χ1v) is 10.3. The van der Waals surface area contributed by atoms with E-state index in [1.807, 2.05) is 41.1 Å². The van der Waals surface area contributed by atoms with Gasteiger partial charge in [0, 0.05) is 42.3 Å². The number of carbonyl (C=O) groups excluding carboxylic acids is 1. The van der Waals surface area contributed by atoms with Crippen LogP contribution < -0.4 is 9.47 Å². The van der Waals surface area contributed by atoms with Crippen LogP contribution in [0.1, 0.15) is 17.5 Å². The fourth-order valence-electron chi connectivity index (χ4n) is 4.22. The van der Waals surface area contributed by atoms with Crippen molar-refractivity contribution in [1.82, 2.24) is 14.8 Å². The van der Waals surface area contributed by atoms with Crippen molar-refractivity contribution in [2.75, 3.05) is 33.5 Å². The zero-order chi connectivity index (χ0) is 20.5. The van der Waals surface area contributed by atoms with Gasteiger partial charge in [0.15, 0.2) is 11.5 Å². The zero-order valence-corrected chi connectivity index (χ0v) is 17.1. The van der Waals surface area contributed by atoms with E-state index in [0.717, 1.165) is 35.5 Å². The van der Waals surface area contributed by atoms with Crippen molar-refractivity contribution in [3.63, 3.8) is 0 Å². The van der Waals surface area contributed by atoms with E-state index in [0.29, 0.717) is 19.6 Å². The number of rotatable bonds is 5. The van der Waals surface area contributed by atoms with Gasteiger partial charge in [-0.3, -0.25) is 9.69 Å². The van der Waals surface area contributed by atoms with Gasteiger partial charge in [-0.05, 0) is 42.8 Å². The molecule has 2 aliphatic rings. The second-order valence-corrected chi connectivity index (χ2v) is 7.93. The van der Waals surface area contributed by atoms with E-state index >= 15 is 0 Å². The van der Waals surface area contributed by atoms with Crippen molar-refractivity contribution in [3.05, 3.63) is 65.9 Å². The average Bonchev–Trinajstić information content (AvgIpc) is 3.40. The summed E-state index contributed by atoms with van der Waals surface area (Å²) in [7, 11) is 1.97. The number of amides is 1. The number of likely N-dealkylation sites (N-methyl/N-ethyl adjacent to an activating group) is 1. The molecular weight excluding hydrogens is 378 g/mol.